The van der Waals surface area contributed by atoms with E-state index in [4.69, 9.17) is 14.2 Å². The normalized spacial score (nSPS) is 24.8. The topological polar surface area (TPSA) is 126 Å². The van der Waals surface area contributed by atoms with E-state index in [0.29, 0.717) is 51.3 Å². The molecule has 1 amide bonds. The lowest BCUT2D eigenvalue weighted by atomic mass is 9.98. The molecule has 2 fully saturated rings. The number of hydrogen-bond donors (Lipinski definition) is 3. The van der Waals surface area contributed by atoms with Gasteiger partial charge in [0.2, 0.25) is 15.9 Å². The fraction of sp³-hybridized carbons (Fsp3) is 0.667. The molecule has 10 nitrogen and oxygen atoms in total. The van der Waals surface area contributed by atoms with Gasteiger partial charge in [-0.2, -0.15) is 0 Å². The van der Waals surface area contributed by atoms with Gasteiger partial charge in [-0.1, -0.05) is 0 Å². The molecule has 0 unspecified atom stereocenters. The number of benzene rings is 1. The van der Waals surface area contributed by atoms with Crippen LogP contribution in [0.4, 0.5) is 0 Å². The average Bonchev–Trinajstić information content (AvgIpc) is 2.80. The summed E-state index contributed by atoms with van der Waals surface area (Å²) in [5, 5.41) is 12.7. The second-order valence-electron chi connectivity index (χ2n) is 7.99. The van der Waals surface area contributed by atoms with E-state index in [1.807, 2.05) is 0 Å². The SMILES string of the molecule is COc1ccc(S(=O)(=O)N[C@H]2CC[C@@H](CCNC(=O)CN3CCOCC3)O[C@@H]2CO)cc1. The summed E-state index contributed by atoms with van der Waals surface area (Å²) in [5.74, 6) is 0.532. The highest BCUT2D eigenvalue weighted by molar-refractivity contribution is 7.89. The van der Waals surface area contributed by atoms with Crippen LogP contribution in [0, 0.1) is 0 Å². The number of aliphatic hydroxyl groups is 1. The monoisotopic (exact) mass is 471 g/mol. The lowest BCUT2D eigenvalue weighted by molar-refractivity contribution is -0.123. The Labute approximate surface area is 189 Å². The standard InChI is InChI=1S/C21H33N3O7S/c1-29-16-2-5-18(6-3-16)32(27,28)23-19-7-4-17(31-20(19)15-25)8-9-22-21(26)14-24-10-12-30-13-11-24/h2-3,5-6,17,19-20,23,25H,4,7-15H2,1H3,(H,22,26)/t17-,19-,20+/m0/s1. The predicted molar refractivity (Wildman–Crippen MR) is 117 cm³/mol. The Morgan fingerprint density at radius 2 is 1.94 bits per heavy atom. The molecule has 0 spiro atoms. The minimum atomic E-state index is -3.75. The van der Waals surface area contributed by atoms with Crippen molar-refractivity contribution in [2.75, 3.05) is 53.1 Å². The Kier molecular flexibility index (Phi) is 9.26. The van der Waals surface area contributed by atoms with Crippen LogP contribution in [0.25, 0.3) is 0 Å². The van der Waals surface area contributed by atoms with Gasteiger partial charge in [-0.15, -0.1) is 0 Å². The number of morpholine rings is 1. The molecule has 1 aromatic rings. The molecule has 0 aromatic heterocycles. The van der Waals surface area contributed by atoms with Crippen LogP contribution in [0.3, 0.4) is 0 Å². The Bertz CT molecular complexity index is 828. The van der Waals surface area contributed by atoms with Crippen molar-refractivity contribution in [3.8, 4) is 5.75 Å². The number of hydrogen-bond acceptors (Lipinski definition) is 8. The summed E-state index contributed by atoms with van der Waals surface area (Å²) in [6, 6.07) is 5.58. The summed E-state index contributed by atoms with van der Waals surface area (Å²) < 4.78 is 44.3. The maximum absolute atomic E-state index is 12.7. The van der Waals surface area contributed by atoms with Gasteiger partial charge >= 0.3 is 0 Å². The quantitative estimate of drug-likeness (QED) is 0.425. The van der Waals surface area contributed by atoms with Crippen LogP contribution in [0.5, 0.6) is 5.75 Å². The molecule has 2 saturated heterocycles. The highest BCUT2D eigenvalue weighted by Crippen LogP contribution is 2.24. The molecular formula is C21H33N3O7S. The molecule has 0 aliphatic carbocycles. The van der Waals surface area contributed by atoms with E-state index < -0.39 is 22.2 Å². The largest absolute Gasteiger partial charge is 0.497 e. The van der Waals surface area contributed by atoms with Crippen molar-refractivity contribution in [2.45, 2.75) is 42.4 Å². The number of methoxy groups -OCH3 is 1. The first kappa shape index (κ1) is 24.9. The van der Waals surface area contributed by atoms with E-state index >= 15 is 0 Å². The third kappa shape index (κ3) is 7.12. The fourth-order valence-electron chi connectivity index (χ4n) is 3.89. The van der Waals surface area contributed by atoms with Crippen molar-refractivity contribution in [1.82, 2.24) is 14.9 Å². The molecule has 0 radical (unpaired) electrons. The van der Waals surface area contributed by atoms with Crippen LogP contribution < -0.4 is 14.8 Å². The van der Waals surface area contributed by atoms with E-state index in [1.54, 1.807) is 12.1 Å². The van der Waals surface area contributed by atoms with Crippen LogP contribution in [0.15, 0.2) is 29.2 Å². The van der Waals surface area contributed by atoms with Crippen LogP contribution in [-0.2, 0) is 24.3 Å². The average molecular weight is 472 g/mol. The van der Waals surface area contributed by atoms with E-state index in [9.17, 15) is 18.3 Å². The molecule has 11 heteroatoms. The van der Waals surface area contributed by atoms with Crippen molar-refractivity contribution in [3.05, 3.63) is 24.3 Å². The highest BCUT2D eigenvalue weighted by atomic mass is 32.2. The van der Waals surface area contributed by atoms with Crippen molar-refractivity contribution >= 4 is 15.9 Å². The van der Waals surface area contributed by atoms with Crippen molar-refractivity contribution < 1.29 is 32.5 Å². The third-order valence-electron chi connectivity index (χ3n) is 5.73. The van der Waals surface area contributed by atoms with Crippen molar-refractivity contribution in [3.63, 3.8) is 0 Å². The Morgan fingerprint density at radius 1 is 1.22 bits per heavy atom. The molecule has 2 aliphatic heterocycles. The minimum Gasteiger partial charge on any atom is -0.497 e. The molecule has 3 rings (SSSR count). The van der Waals surface area contributed by atoms with Crippen LogP contribution in [-0.4, -0.2) is 95.7 Å². The van der Waals surface area contributed by atoms with Gasteiger partial charge < -0.3 is 24.6 Å². The van der Waals surface area contributed by atoms with Gasteiger partial charge in [0.05, 0.1) is 56.6 Å². The minimum absolute atomic E-state index is 0.0356. The fourth-order valence-corrected chi connectivity index (χ4v) is 5.19. The zero-order chi connectivity index (χ0) is 23.0. The number of carbonyl (C=O) groups excluding carboxylic acids is 1. The van der Waals surface area contributed by atoms with Crippen LogP contribution in [0.2, 0.25) is 0 Å². The number of rotatable bonds is 10. The first-order valence-corrected chi connectivity index (χ1v) is 12.4. The number of nitrogens with one attached hydrogen (secondary N) is 2. The number of aliphatic hydroxyl groups excluding tert-OH is 1. The van der Waals surface area contributed by atoms with Gasteiger partial charge in [-0.25, -0.2) is 13.1 Å². The molecule has 32 heavy (non-hydrogen) atoms. The van der Waals surface area contributed by atoms with Gasteiger partial charge in [0.25, 0.3) is 0 Å². The van der Waals surface area contributed by atoms with Crippen LogP contribution >= 0.6 is 0 Å². The maximum atomic E-state index is 12.7. The Balaban J connectivity index is 1.44. The van der Waals surface area contributed by atoms with E-state index in [-0.39, 0.29) is 23.5 Å². The zero-order valence-electron chi connectivity index (χ0n) is 18.4. The molecule has 2 heterocycles. The van der Waals surface area contributed by atoms with E-state index in [0.717, 1.165) is 13.1 Å². The maximum Gasteiger partial charge on any atom is 0.240 e. The number of amides is 1. The Morgan fingerprint density at radius 3 is 2.59 bits per heavy atom. The van der Waals surface area contributed by atoms with Gasteiger partial charge in [0.1, 0.15) is 5.75 Å². The summed E-state index contributed by atoms with van der Waals surface area (Å²) >= 11 is 0. The van der Waals surface area contributed by atoms with Gasteiger partial charge in [-0.05, 0) is 43.5 Å². The molecule has 0 saturated carbocycles. The number of carbonyl (C=O) groups is 1. The first-order chi connectivity index (χ1) is 15.4. The molecule has 180 valence electrons. The van der Waals surface area contributed by atoms with Gasteiger partial charge in [0.15, 0.2) is 0 Å². The van der Waals surface area contributed by atoms with Crippen molar-refractivity contribution in [1.29, 1.82) is 0 Å². The number of ether oxygens (including phenoxy) is 3. The molecule has 3 atom stereocenters. The summed E-state index contributed by atoms with van der Waals surface area (Å²) in [6.07, 6.45) is 0.963. The third-order valence-corrected chi connectivity index (χ3v) is 7.24. The lowest BCUT2D eigenvalue weighted by Crippen LogP contribution is -2.51. The molecule has 1 aromatic carbocycles. The summed E-state index contributed by atoms with van der Waals surface area (Å²) in [7, 11) is -2.24. The molecule has 2 aliphatic rings. The smallest absolute Gasteiger partial charge is 0.240 e. The first-order valence-electron chi connectivity index (χ1n) is 10.9. The number of nitrogens with zero attached hydrogens (tertiary/aromatic N) is 1. The molecule has 3 N–H and O–H groups in total. The second-order valence-corrected chi connectivity index (χ2v) is 9.70. The van der Waals surface area contributed by atoms with E-state index in [1.165, 1.54) is 19.2 Å². The lowest BCUT2D eigenvalue weighted by Gasteiger charge is -2.36. The summed E-state index contributed by atoms with van der Waals surface area (Å²) in [5.41, 5.74) is 0. The van der Waals surface area contributed by atoms with Crippen molar-refractivity contribution in [2.24, 2.45) is 0 Å². The van der Waals surface area contributed by atoms with Crippen LogP contribution in [0.1, 0.15) is 19.3 Å². The molecular weight excluding hydrogens is 438 g/mol. The highest BCUT2D eigenvalue weighted by Gasteiger charge is 2.34. The van der Waals surface area contributed by atoms with Gasteiger partial charge in [0, 0.05) is 19.6 Å². The summed E-state index contributed by atoms with van der Waals surface area (Å²) in [4.78, 5) is 14.3. The van der Waals surface area contributed by atoms with Gasteiger partial charge in [-0.3, -0.25) is 9.69 Å². The number of sulfonamides is 1. The predicted octanol–water partition coefficient (Wildman–Crippen LogP) is -0.279. The molecule has 0 bridgehead atoms. The van der Waals surface area contributed by atoms with E-state index in [2.05, 4.69) is 14.9 Å². The second kappa shape index (κ2) is 11.9. The zero-order valence-corrected chi connectivity index (χ0v) is 19.2. The Hall–Kier alpha value is -1.76. The summed E-state index contributed by atoms with van der Waals surface area (Å²) in [6.45, 7) is 3.33.